The monoisotopic (exact) mass is 504 g/mol. The average molecular weight is 504 g/mol. The van der Waals surface area contributed by atoms with Crippen molar-refractivity contribution in [2.75, 3.05) is 0 Å². The van der Waals surface area contributed by atoms with Gasteiger partial charge in [-0.15, -0.1) is 0 Å². The molecule has 3 rings (SSSR count). The highest BCUT2D eigenvalue weighted by molar-refractivity contribution is 5.00. The average Bonchev–Trinajstić information content (AvgIpc) is 2.88. The Balaban J connectivity index is 1.85. The van der Waals surface area contributed by atoms with Gasteiger partial charge in [0.1, 0.15) is 0 Å². The molecular weight excluding hydrogens is 438 g/mol. The highest BCUT2D eigenvalue weighted by Gasteiger charge is 2.43. The number of hydrogen-bond donors (Lipinski definition) is 3. The van der Waals surface area contributed by atoms with Crippen molar-refractivity contribution >= 4 is 0 Å². The minimum absolute atomic E-state index is 0.207. The molecule has 0 spiro atoms. The second-order valence-electron chi connectivity index (χ2n) is 17.5. The van der Waals surface area contributed by atoms with Gasteiger partial charge in [-0.05, 0) is 171 Å². The van der Waals surface area contributed by atoms with Gasteiger partial charge in [-0.25, -0.2) is 0 Å². The molecule has 3 fully saturated rings. The van der Waals surface area contributed by atoms with E-state index in [0.29, 0.717) is 0 Å². The lowest BCUT2D eigenvalue weighted by Gasteiger charge is -2.40. The van der Waals surface area contributed by atoms with Crippen LogP contribution >= 0.6 is 0 Å². The molecular formula is C33H65N3. The van der Waals surface area contributed by atoms with Crippen LogP contribution in [0.25, 0.3) is 0 Å². The van der Waals surface area contributed by atoms with Gasteiger partial charge in [0, 0.05) is 33.2 Å². The molecule has 3 unspecified atom stereocenters. The van der Waals surface area contributed by atoms with E-state index in [4.69, 9.17) is 0 Å². The molecule has 0 aromatic carbocycles. The lowest BCUT2D eigenvalue weighted by molar-refractivity contribution is 0.130. The number of rotatable bonds is 5. The minimum atomic E-state index is 0.207. The molecule has 0 amide bonds. The third kappa shape index (κ3) is 8.98. The first-order valence-corrected chi connectivity index (χ1v) is 15.6. The predicted octanol–water partition coefficient (Wildman–Crippen LogP) is 8.22. The summed E-state index contributed by atoms with van der Waals surface area (Å²) in [4.78, 5) is 0. The quantitative estimate of drug-likeness (QED) is 0.353. The van der Waals surface area contributed by atoms with Crippen molar-refractivity contribution in [1.29, 1.82) is 0 Å². The van der Waals surface area contributed by atoms with Gasteiger partial charge < -0.3 is 16.0 Å². The van der Waals surface area contributed by atoms with E-state index in [1.807, 2.05) is 0 Å². The zero-order valence-corrected chi connectivity index (χ0v) is 26.6. The van der Waals surface area contributed by atoms with Crippen molar-refractivity contribution in [3.05, 3.63) is 0 Å². The van der Waals surface area contributed by atoms with Crippen LogP contribution in [0.4, 0.5) is 0 Å². The summed E-state index contributed by atoms with van der Waals surface area (Å²) in [7, 11) is 0. The lowest BCUT2D eigenvalue weighted by Crippen LogP contribution is -2.51. The third-order valence-corrected chi connectivity index (χ3v) is 9.95. The van der Waals surface area contributed by atoms with E-state index < -0.39 is 0 Å². The maximum atomic E-state index is 4.04. The van der Waals surface area contributed by atoms with Crippen LogP contribution in [0.3, 0.4) is 0 Å². The predicted molar refractivity (Wildman–Crippen MR) is 159 cm³/mol. The molecule has 0 aliphatic carbocycles. The van der Waals surface area contributed by atoms with Crippen molar-refractivity contribution < 1.29 is 0 Å². The summed E-state index contributed by atoms with van der Waals surface area (Å²) in [5.41, 5.74) is 1.37. The standard InChI is InChI=1S/C33H65N3/c1-28(2)18-15-24(21-31(7,8)34-28)13-14-27(25-16-19-29(3,4)35-32(9,10)22-25)26-17-20-30(5,6)36-33(11,12)23-26/h24-27,34-36H,13-23H2,1-12H3. The number of nitrogens with one attached hydrogen (secondary N) is 3. The largest absolute Gasteiger partial charge is 0.307 e. The summed E-state index contributed by atoms with van der Waals surface area (Å²) in [6.45, 7) is 29.3. The molecule has 0 radical (unpaired) electrons. The molecule has 0 saturated carbocycles. The van der Waals surface area contributed by atoms with Gasteiger partial charge in [0.15, 0.2) is 0 Å². The maximum Gasteiger partial charge on any atom is 0.0132 e. The normalized spacial score (nSPS) is 36.2. The molecule has 0 aromatic heterocycles. The molecule has 0 aromatic rings. The minimum Gasteiger partial charge on any atom is -0.307 e. The Kier molecular flexibility index (Phi) is 8.84. The SMILES string of the molecule is CC1(C)CCC(CCC(C2CCC(C)(C)NC(C)(C)C2)C2CCC(C)(C)NC(C)(C)C2)CC(C)(C)N1. The molecule has 3 atom stereocenters. The fourth-order valence-corrected chi connectivity index (χ4v) is 9.35. The van der Waals surface area contributed by atoms with Crippen LogP contribution in [0.1, 0.15) is 154 Å². The van der Waals surface area contributed by atoms with Gasteiger partial charge in [-0.1, -0.05) is 6.42 Å². The summed E-state index contributed by atoms with van der Waals surface area (Å²) >= 11 is 0. The van der Waals surface area contributed by atoms with Crippen LogP contribution in [-0.4, -0.2) is 33.2 Å². The molecule has 3 nitrogen and oxygen atoms in total. The van der Waals surface area contributed by atoms with Crippen molar-refractivity contribution in [2.45, 2.75) is 187 Å². The fraction of sp³-hybridized carbons (Fsp3) is 1.00. The van der Waals surface area contributed by atoms with E-state index in [2.05, 4.69) is 99.0 Å². The maximum absolute atomic E-state index is 4.04. The Bertz CT molecular complexity index is 689. The Hall–Kier alpha value is -0.120. The van der Waals surface area contributed by atoms with E-state index in [-0.39, 0.29) is 33.2 Å². The smallest absolute Gasteiger partial charge is 0.0132 e. The molecule has 3 aliphatic heterocycles. The third-order valence-electron chi connectivity index (χ3n) is 9.95. The summed E-state index contributed by atoms with van der Waals surface area (Å²) in [6, 6.07) is 0. The van der Waals surface area contributed by atoms with Crippen LogP contribution in [0.15, 0.2) is 0 Å². The van der Waals surface area contributed by atoms with Crippen LogP contribution in [0.5, 0.6) is 0 Å². The highest BCUT2D eigenvalue weighted by atomic mass is 15.1. The van der Waals surface area contributed by atoms with Crippen LogP contribution < -0.4 is 16.0 Å². The van der Waals surface area contributed by atoms with Crippen molar-refractivity contribution in [3.63, 3.8) is 0 Å². The van der Waals surface area contributed by atoms with Crippen LogP contribution in [-0.2, 0) is 0 Å². The molecule has 3 saturated heterocycles. The zero-order valence-electron chi connectivity index (χ0n) is 26.6. The van der Waals surface area contributed by atoms with Gasteiger partial charge in [0.2, 0.25) is 0 Å². The first-order chi connectivity index (χ1) is 16.2. The van der Waals surface area contributed by atoms with Gasteiger partial charge in [0.05, 0.1) is 0 Å². The second kappa shape index (κ2) is 10.5. The first kappa shape index (κ1) is 30.4. The summed E-state index contributed by atoms with van der Waals surface area (Å²) in [6.07, 6.45) is 14.8. The van der Waals surface area contributed by atoms with Crippen LogP contribution in [0.2, 0.25) is 0 Å². The Morgan fingerprint density at radius 3 is 1.28 bits per heavy atom. The molecule has 0 bridgehead atoms. The Morgan fingerprint density at radius 2 is 0.861 bits per heavy atom. The van der Waals surface area contributed by atoms with Crippen molar-refractivity contribution in [3.8, 4) is 0 Å². The van der Waals surface area contributed by atoms with Crippen molar-refractivity contribution in [1.82, 2.24) is 16.0 Å². The van der Waals surface area contributed by atoms with Crippen molar-refractivity contribution in [2.24, 2.45) is 23.7 Å². The molecule has 3 N–H and O–H groups in total. The summed E-state index contributed by atoms with van der Waals surface area (Å²) in [5, 5.41) is 12.1. The Morgan fingerprint density at radius 1 is 0.500 bits per heavy atom. The lowest BCUT2D eigenvalue weighted by atomic mass is 9.67. The van der Waals surface area contributed by atoms with Gasteiger partial charge in [0.25, 0.3) is 0 Å². The topological polar surface area (TPSA) is 36.1 Å². The molecule has 212 valence electrons. The summed E-state index contributed by atoms with van der Waals surface area (Å²) < 4.78 is 0. The molecule has 3 aliphatic rings. The summed E-state index contributed by atoms with van der Waals surface area (Å²) in [5.74, 6) is 3.33. The molecule has 36 heavy (non-hydrogen) atoms. The Labute approximate surface area is 226 Å². The van der Waals surface area contributed by atoms with Crippen LogP contribution in [0, 0.1) is 23.7 Å². The molecule has 3 heterocycles. The van der Waals surface area contributed by atoms with Gasteiger partial charge in [-0.3, -0.25) is 0 Å². The van der Waals surface area contributed by atoms with E-state index in [1.165, 1.54) is 70.6 Å². The highest BCUT2D eigenvalue weighted by Crippen LogP contribution is 2.46. The van der Waals surface area contributed by atoms with E-state index in [1.54, 1.807) is 0 Å². The van der Waals surface area contributed by atoms with Gasteiger partial charge in [-0.2, -0.15) is 0 Å². The van der Waals surface area contributed by atoms with E-state index >= 15 is 0 Å². The number of hydrogen-bond acceptors (Lipinski definition) is 3. The van der Waals surface area contributed by atoms with E-state index in [0.717, 1.165) is 23.7 Å². The second-order valence-corrected chi connectivity index (χ2v) is 17.5. The zero-order chi connectivity index (χ0) is 27.2. The fourth-order valence-electron chi connectivity index (χ4n) is 9.35. The first-order valence-electron chi connectivity index (χ1n) is 15.6. The molecule has 3 heteroatoms. The van der Waals surface area contributed by atoms with E-state index in [9.17, 15) is 0 Å². The van der Waals surface area contributed by atoms with Gasteiger partial charge >= 0.3 is 0 Å².